The third-order valence-electron chi connectivity index (χ3n) is 8.06. The van der Waals surface area contributed by atoms with Crippen LogP contribution in [0.3, 0.4) is 0 Å². The van der Waals surface area contributed by atoms with Crippen LogP contribution < -0.4 is 4.74 Å². The Hall–Kier alpha value is -4.36. The molecule has 1 heterocycles. The maximum atomic E-state index is 6.33. The molecule has 6 aromatic rings. The molecule has 36 heavy (non-hydrogen) atoms. The van der Waals surface area contributed by atoms with E-state index >= 15 is 0 Å². The zero-order chi connectivity index (χ0) is 23.8. The summed E-state index contributed by atoms with van der Waals surface area (Å²) >= 11 is 0. The van der Waals surface area contributed by atoms with Gasteiger partial charge in [-0.3, -0.25) is 0 Å². The molecule has 6 aromatic carbocycles. The molecule has 0 fully saturated rings. The van der Waals surface area contributed by atoms with Gasteiger partial charge in [-0.05, 0) is 73.6 Å². The molecule has 1 aliphatic carbocycles. The molecule has 1 heteroatoms. The first kappa shape index (κ1) is 19.9. The number of rotatable bonds is 2. The highest BCUT2D eigenvalue weighted by molar-refractivity contribution is 6.27. The van der Waals surface area contributed by atoms with Gasteiger partial charge in [0.25, 0.3) is 0 Å². The number of ether oxygens (including phenoxy) is 1. The first-order valence-corrected chi connectivity index (χ1v) is 12.7. The monoisotopic (exact) mass is 460 g/mol. The lowest BCUT2D eigenvalue weighted by atomic mass is 9.86. The quantitative estimate of drug-likeness (QED) is 0.234. The van der Waals surface area contributed by atoms with Crippen LogP contribution in [0.15, 0.2) is 115 Å². The highest BCUT2D eigenvalue weighted by Crippen LogP contribution is 2.46. The van der Waals surface area contributed by atoms with Gasteiger partial charge in [0.2, 0.25) is 0 Å². The maximum absolute atomic E-state index is 6.33. The third kappa shape index (κ3) is 2.77. The second-order valence-electron chi connectivity index (χ2n) is 10.1. The van der Waals surface area contributed by atoms with Crippen LogP contribution in [0.1, 0.15) is 17.0 Å². The van der Waals surface area contributed by atoms with Crippen molar-refractivity contribution >= 4 is 32.3 Å². The van der Waals surface area contributed by atoms with E-state index in [4.69, 9.17) is 4.74 Å². The number of aryl methyl sites for hydroxylation is 1. The molecule has 0 radical (unpaired) electrons. The SMILES string of the molecule is Cc1ccc(-c2ccc3ccc4c(-c5ccc6c(c5)OC5C=CC=CC65)ccc5ccc2c3c54)cc1. The Morgan fingerprint density at radius 3 is 1.92 bits per heavy atom. The van der Waals surface area contributed by atoms with Crippen molar-refractivity contribution in [3.05, 3.63) is 126 Å². The van der Waals surface area contributed by atoms with Crippen LogP contribution in [-0.2, 0) is 0 Å². The number of allylic oxidation sites excluding steroid dienone is 2. The minimum atomic E-state index is 0.113. The van der Waals surface area contributed by atoms with E-state index in [9.17, 15) is 0 Å². The second kappa shape index (κ2) is 7.32. The Bertz CT molecular complexity index is 1870. The minimum Gasteiger partial charge on any atom is -0.485 e. The van der Waals surface area contributed by atoms with E-state index in [0.29, 0.717) is 5.92 Å². The summed E-state index contributed by atoms with van der Waals surface area (Å²) in [6, 6.07) is 33.9. The lowest BCUT2D eigenvalue weighted by molar-refractivity contribution is 0.269. The van der Waals surface area contributed by atoms with E-state index < -0.39 is 0 Å². The fourth-order valence-electron chi connectivity index (χ4n) is 6.24. The van der Waals surface area contributed by atoms with Crippen LogP contribution in [0.2, 0.25) is 0 Å². The number of fused-ring (bicyclic) bond motifs is 3. The molecule has 0 saturated carbocycles. The van der Waals surface area contributed by atoms with E-state index in [0.717, 1.165) is 5.75 Å². The summed E-state index contributed by atoms with van der Waals surface area (Å²) in [4.78, 5) is 0. The maximum Gasteiger partial charge on any atom is 0.128 e. The Labute approximate surface area is 210 Å². The van der Waals surface area contributed by atoms with Crippen molar-refractivity contribution in [2.45, 2.75) is 18.9 Å². The van der Waals surface area contributed by atoms with Crippen LogP contribution in [-0.4, -0.2) is 6.10 Å². The predicted octanol–water partition coefficient (Wildman–Crippen LogP) is 9.20. The van der Waals surface area contributed by atoms with Crippen LogP contribution in [0.25, 0.3) is 54.6 Å². The van der Waals surface area contributed by atoms with Crippen molar-refractivity contribution in [3.63, 3.8) is 0 Å². The normalized spacial score (nSPS) is 18.1. The summed E-state index contributed by atoms with van der Waals surface area (Å²) < 4.78 is 6.33. The molecule has 1 aliphatic heterocycles. The van der Waals surface area contributed by atoms with Crippen LogP contribution >= 0.6 is 0 Å². The van der Waals surface area contributed by atoms with Gasteiger partial charge in [-0.25, -0.2) is 0 Å². The van der Waals surface area contributed by atoms with E-state index in [1.807, 2.05) is 0 Å². The zero-order valence-electron chi connectivity index (χ0n) is 20.0. The molecule has 0 aromatic heterocycles. The van der Waals surface area contributed by atoms with E-state index in [-0.39, 0.29) is 6.10 Å². The first-order chi connectivity index (χ1) is 17.7. The molecule has 2 unspecified atom stereocenters. The highest BCUT2D eigenvalue weighted by Gasteiger charge is 2.32. The van der Waals surface area contributed by atoms with Gasteiger partial charge in [-0.1, -0.05) is 109 Å². The Morgan fingerprint density at radius 1 is 0.583 bits per heavy atom. The van der Waals surface area contributed by atoms with Crippen molar-refractivity contribution in [3.8, 4) is 28.0 Å². The summed E-state index contributed by atoms with van der Waals surface area (Å²) in [6.07, 6.45) is 8.73. The summed E-state index contributed by atoms with van der Waals surface area (Å²) in [5.41, 5.74) is 7.58. The van der Waals surface area contributed by atoms with Gasteiger partial charge < -0.3 is 4.74 Å². The standard InChI is InChI=1S/C35H24O/c1-21-6-8-22(9-7-21)26-15-10-23-13-19-31-27(16-11-24-12-18-30(26)34(23)35(24)31)25-14-17-29-28-4-2-3-5-32(28)36-33(29)20-25/h2-20,28,32H,1H3. The molecule has 2 atom stereocenters. The molecule has 0 N–H and O–H groups in total. The van der Waals surface area contributed by atoms with Crippen molar-refractivity contribution < 1.29 is 4.74 Å². The zero-order valence-corrected chi connectivity index (χ0v) is 20.0. The average molecular weight is 461 g/mol. The molecule has 0 bridgehead atoms. The van der Waals surface area contributed by atoms with Crippen molar-refractivity contribution in [2.24, 2.45) is 0 Å². The summed E-state index contributed by atoms with van der Waals surface area (Å²) in [5.74, 6) is 1.33. The molecular formula is C35H24O. The molecule has 0 spiro atoms. The van der Waals surface area contributed by atoms with Crippen LogP contribution in [0, 0.1) is 6.92 Å². The Kier molecular flexibility index (Phi) is 4.05. The van der Waals surface area contributed by atoms with Crippen molar-refractivity contribution in [1.29, 1.82) is 0 Å². The van der Waals surface area contributed by atoms with Gasteiger partial charge in [-0.15, -0.1) is 0 Å². The molecule has 170 valence electrons. The molecule has 0 amide bonds. The molecule has 1 nitrogen and oxygen atoms in total. The van der Waals surface area contributed by atoms with Crippen LogP contribution in [0.4, 0.5) is 0 Å². The van der Waals surface area contributed by atoms with Crippen molar-refractivity contribution in [1.82, 2.24) is 0 Å². The Balaban J connectivity index is 1.35. The fraction of sp³-hybridized carbons (Fsp3) is 0.0857. The van der Waals surface area contributed by atoms with E-state index in [1.165, 1.54) is 65.7 Å². The fourth-order valence-corrected chi connectivity index (χ4v) is 6.24. The Morgan fingerprint density at radius 2 is 1.19 bits per heavy atom. The molecule has 2 aliphatic rings. The van der Waals surface area contributed by atoms with Crippen LogP contribution in [0.5, 0.6) is 5.75 Å². The van der Waals surface area contributed by atoms with Gasteiger partial charge in [0.15, 0.2) is 0 Å². The topological polar surface area (TPSA) is 9.23 Å². The first-order valence-electron chi connectivity index (χ1n) is 12.7. The van der Waals surface area contributed by atoms with Gasteiger partial charge >= 0.3 is 0 Å². The van der Waals surface area contributed by atoms with Crippen molar-refractivity contribution in [2.75, 3.05) is 0 Å². The average Bonchev–Trinajstić information content (AvgIpc) is 3.30. The second-order valence-corrected chi connectivity index (χ2v) is 10.1. The van der Waals surface area contributed by atoms with Gasteiger partial charge in [0.05, 0.1) is 0 Å². The van der Waals surface area contributed by atoms with E-state index in [1.54, 1.807) is 0 Å². The smallest absolute Gasteiger partial charge is 0.128 e. The summed E-state index contributed by atoms with van der Waals surface area (Å²) in [7, 11) is 0. The molecule has 0 saturated heterocycles. The molecule has 8 rings (SSSR count). The minimum absolute atomic E-state index is 0.113. The highest BCUT2D eigenvalue weighted by atomic mass is 16.5. The molecular weight excluding hydrogens is 436 g/mol. The summed E-state index contributed by atoms with van der Waals surface area (Å²) in [6.45, 7) is 2.14. The number of hydrogen-bond acceptors (Lipinski definition) is 1. The van der Waals surface area contributed by atoms with Gasteiger partial charge in [0.1, 0.15) is 11.9 Å². The van der Waals surface area contributed by atoms with Gasteiger partial charge in [-0.2, -0.15) is 0 Å². The lowest BCUT2D eigenvalue weighted by Crippen LogP contribution is -2.15. The largest absolute Gasteiger partial charge is 0.485 e. The number of hydrogen-bond donors (Lipinski definition) is 0. The lowest BCUT2D eigenvalue weighted by Gasteiger charge is -2.17. The van der Waals surface area contributed by atoms with Gasteiger partial charge in [0, 0.05) is 11.5 Å². The number of benzene rings is 6. The summed E-state index contributed by atoms with van der Waals surface area (Å²) in [5, 5.41) is 7.87. The van der Waals surface area contributed by atoms with E-state index in [2.05, 4.69) is 122 Å². The predicted molar refractivity (Wildman–Crippen MR) is 151 cm³/mol. The third-order valence-corrected chi connectivity index (χ3v) is 8.06.